The highest BCUT2D eigenvalue weighted by Crippen LogP contribution is 2.06. The van der Waals surface area contributed by atoms with E-state index in [1.54, 1.807) is 6.07 Å². The van der Waals surface area contributed by atoms with Gasteiger partial charge in [0.1, 0.15) is 0 Å². The highest BCUT2D eigenvalue weighted by molar-refractivity contribution is 6.29. The molecule has 0 bridgehead atoms. The summed E-state index contributed by atoms with van der Waals surface area (Å²) >= 11 is 5.56. The van der Waals surface area contributed by atoms with Gasteiger partial charge in [-0.05, 0) is 18.6 Å². The smallest absolute Gasteiger partial charge is 0.272 e. The topological polar surface area (TPSA) is 64.1 Å². The van der Waals surface area contributed by atoms with Crippen LogP contribution in [-0.4, -0.2) is 35.4 Å². The summed E-state index contributed by atoms with van der Waals surface area (Å²) in [5, 5.41) is 10.4. The van der Waals surface area contributed by atoms with Crippen molar-refractivity contribution >= 4 is 17.5 Å². The van der Waals surface area contributed by atoms with Gasteiger partial charge in [-0.2, -0.15) is 0 Å². The predicted molar refractivity (Wildman–Crippen MR) is 53.7 cm³/mol. The number of carbonyl (C=O) groups excluding carboxylic acids is 1. The monoisotopic (exact) mass is 227 g/mol. The number of amides is 1. The Hall–Kier alpha value is -1.20. The molecule has 1 amide bonds. The molecule has 15 heavy (non-hydrogen) atoms. The zero-order valence-corrected chi connectivity index (χ0v) is 8.70. The molecule has 0 spiro atoms. The molecule has 1 saturated heterocycles. The molecule has 1 unspecified atom stereocenters. The van der Waals surface area contributed by atoms with Gasteiger partial charge in [0.15, 0.2) is 10.8 Å². The Bertz CT molecular complexity index is 349. The first-order valence-corrected chi connectivity index (χ1v) is 5.01. The fourth-order valence-corrected chi connectivity index (χ4v) is 1.45. The van der Waals surface area contributed by atoms with Crippen molar-refractivity contribution in [1.82, 2.24) is 15.5 Å². The van der Waals surface area contributed by atoms with Gasteiger partial charge >= 0.3 is 0 Å². The van der Waals surface area contributed by atoms with Crippen molar-refractivity contribution < 1.29 is 9.53 Å². The third-order valence-corrected chi connectivity index (χ3v) is 2.33. The van der Waals surface area contributed by atoms with Gasteiger partial charge in [-0.1, -0.05) is 11.6 Å². The van der Waals surface area contributed by atoms with E-state index in [4.69, 9.17) is 16.3 Å². The molecule has 0 radical (unpaired) electrons. The summed E-state index contributed by atoms with van der Waals surface area (Å²) in [6, 6.07) is 3.16. The first-order valence-electron chi connectivity index (χ1n) is 4.63. The SMILES string of the molecule is O=C(NC1CCOC1)c1ccc(Cl)nn1. The van der Waals surface area contributed by atoms with Crippen molar-refractivity contribution in [2.45, 2.75) is 12.5 Å². The summed E-state index contributed by atoms with van der Waals surface area (Å²) in [5.41, 5.74) is 0.270. The summed E-state index contributed by atoms with van der Waals surface area (Å²) < 4.78 is 5.14. The quantitative estimate of drug-likeness (QED) is 0.806. The standard InChI is InChI=1S/C9H10ClN3O2/c10-8-2-1-7(12-13-8)9(14)11-6-3-4-15-5-6/h1-2,6H,3-5H2,(H,11,14). The maximum atomic E-state index is 11.6. The Morgan fingerprint density at radius 1 is 1.53 bits per heavy atom. The molecule has 0 aromatic carbocycles. The van der Waals surface area contributed by atoms with Crippen molar-refractivity contribution in [1.29, 1.82) is 0 Å². The van der Waals surface area contributed by atoms with Crippen molar-refractivity contribution in [3.8, 4) is 0 Å². The van der Waals surface area contributed by atoms with Crippen LogP contribution >= 0.6 is 11.6 Å². The lowest BCUT2D eigenvalue weighted by atomic mass is 10.2. The molecule has 1 fully saturated rings. The molecule has 1 aromatic heterocycles. The van der Waals surface area contributed by atoms with E-state index in [-0.39, 0.29) is 22.8 Å². The van der Waals surface area contributed by atoms with Crippen LogP contribution in [0.15, 0.2) is 12.1 Å². The summed E-state index contributed by atoms with van der Waals surface area (Å²) in [7, 11) is 0. The molecule has 1 atom stereocenters. The molecule has 2 heterocycles. The zero-order valence-electron chi connectivity index (χ0n) is 7.94. The van der Waals surface area contributed by atoms with Crippen LogP contribution in [0.3, 0.4) is 0 Å². The molecular weight excluding hydrogens is 218 g/mol. The van der Waals surface area contributed by atoms with E-state index in [2.05, 4.69) is 15.5 Å². The van der Waals surface area contributed by atoms with Crippen LogP contribution < -0.4 is 5.32 Å². The molecular formula is C9H10ClN3O2. The second-order valence-corrected chi connectivity index (χ2v) is 3.66. The third kappa shape index (κ3) is 2.64. The molecule has 1 aliphatic rings. The van der Waals surface area contributed by atoms with Crippen molar-refractivity contribution in [2.75, 3.05) is 13.2 Å². The molecule has 0 aliphatic carbocycles. The molecule has 1 N–H and O–H groups in total. The number of ether oxygens (including phenoxy) is 1. The van der Waals surface area contributed by atoms with Gasteiger partial charge in [0, 0.05) is 6.61 Å². The minimum absolute atomic E-state index is 0.0787. The Morgan fingerprint density at radius 3 is 3.00 bits per heavy atom. The summed E-state index contributed by atoms with van der Waals surface area (Å²) in [4.78, 5) is 11.6. The molecule has 6 heteroatoms. The maximum absolute atomic E-state index is 11.6. The van der Waals surface area contributed by atoms with Crippen LogP contribution in [0.4, 0.5) is 0 Å². The lowest BCUT2D eigenvalue weighted by Gasteiger charge is -2.09. The zero-order chi connectivity index (χ0) is 10.7. The van der Waals surface area contributed by atoms with Crippen molar-refractivity contribution in [3.05, 3.63) is 23.0 Å². The largest absolute Gasteiger partial charge is 0.379 e. The van der Waals surface area contributed by atoms with Gasteiger partial charge in [-0.3, -0.25) is 4.79 Å². The number of rotatable bonds is 2. The number of aromatic nitrogens is 2. The van der Waals surface area contributed by atoms with E-state index in [0.29, 0.717) is 13.2 Å². The van der Waals surface area contributed by atoms with E-state index in [9.17, 15) is 4.79 Å². The Morgan fingerprint density at radius 2 is 2.40 bits per heavy atom. The highest BCUT2D eigenvalue weighted by Gasteiger charge is 2.19. The van der Waals surface area contributed by atoms with Crippen LogP contribution in [0.2, 0.25) is 5.15 Å². The van der Waals surface area contributed by atoms with E-state index >= 15 is 0 Å². The van der Waals surface area contributed by atoms with Crippen molar-refractivity contribution in [3.63, 3.8) is 0 Å². The fraction of sp³-hybridized carbons (Fsp3) is 0.444. The van der Waals surface area contributed by atoms with Crippen LogP contribution in [0.1, 0.15) is 16.9 Å². The van der Waals surface area contributed by atoms with E-state index in [0.717, 1.165) is 6.42 Å². The molecule has 1 aliphatic heterocycles. The number of hydrogen-bond donors (Lipinski definition) is 1. The Kier molecular flexibility index (Phi) is 3.13. The van der Waals surface area contributed by atoms with Gasteiger partial charge in [0.05, 0.1) is 12.6 Å². The van der Waals surface area contributed by atoms with Gasteiger partial charge in [0.2, 0.25) is 0 Å². The van der Waals surface area contributed by atoms with Gasteiger partial charge in [-0.25, -0.2) is 0 Å². The van der Waals surface area contributed by atoms with Gasteiger partial charge in [-0.15, -0.1) is 10.2 Å². The third-order valence-electron chi connectivity index (χ3n) is 2.13. The Labute approximate surface area is 91.8 Å². The molecule has 5 nitrogen and oxygen atoms in total. The van der Waals surface area contributed by atoms with Crippen LogP contribution in [-0.2, 0) is 4.74 Å². The van der Waals surface area contributed by atoms with Crippen LogP contribution in [0.25, 0.3) is 0 Å². The lowest BCUT2D eigenvalue weighted by Crippen LogP contribution is -2.35. The van der Waals surface area contributed by atoms with E-state index < -0.39 is 0 Å². The number of halogens is 1. The average molecular weight is 228 g/mol. The second kappa shape index (κ2) is 4.55. The van der Waals surface area contributed by atoms with E-state index in [1.807, 2.05) is 0 Å². The number of hydrogen-bond acceptors (Lipinski definition) is 4. The second-order valence-electron chi connectivity index (χ2n) is 3.28. The molecule has 2 rings (SSSR count). The predicted octanol–water partition coefficient (Wildman–Crippen LogP) is 0.649. The molecule has 80 valence electrons. The minimum Gasteiger partial charge on any atom is -0.379 e. The minimum atomic E-state index is -0.241. The van der Waals surface area contributed by atoms with Crippen molar-refractivity contribution in [2.24, 2.45) is 0 Å². The summed E-state index contributed by atoms with van der Waals surface area (Å²) in [6.45, 7) is 1.25. The number of nitrogens with one attached hydrogen (secondary N) is 1. The summed E-state index contributed by atoms with van der Waals surface area (Å²) in [6.07, 6.45) is 0.840. The number of carbonyl (C=O) groups is 1. The van der Waals surface area contributed by atoms with Crippen LogP contribution in [0, 0.1) is 0 Å². The maximum Gasteiger partial charge on any atom is 0.272 e. The first-order chi connectivity index (χ1) is 7.25. The fourth-order valence-electron chi connectivity index (χ4n) is 1.34. The average Bonchev–Trinajstić information content (AvgIpc) is 2.71. The normalized spacial score (nSPS) is 20.2. The molecule has 1 aromatic rings. The first kappa shape index (κ1) is 10.3. The van der Waals surface area contributed by atoms with Gasteiger partial charge in [0.25, 0.3) is 5.91 Å². The number of nitrogens with zero attached hydrogens (tertiary/aromatic N) is 2. The van der Waals surface area contributed by atoms with Gasteiger partial charge < -0.3 is 10.1 Å². The molecule has 0 saturated carbocycles. The Balaban J connectivity index is 1.98. The lowest BCUT2D eigenvalue weighted by molar-refractivity contribution is 0.0924. The summed E-state index contributed by atoms with van der Waals surface area (Å²) in [5.74, 6) is -0.241. The van der Waals surface area contributed by atoms with Crippen LogP contribution in [0.5, 0.6) is 0 Å². The highest BCUT2D eigenvalue weighted by atomic mass is 35.5. The van der Waals surface area contributed by atoms with E-state index in [1.165, 1.54) is 6.07 Å².